The number of benzene rings is 1. The first-order chi connectivity index (χ1) is 9.54. The SMILES string of the molecule is CC(NC1CCCCC1CO)c1c(Cl)ccc(F)c1Cl. The van der Waals surface area contributed by atoms with Crippen LogP contribution in [0.3, 0.4) is 0 Å². The van der Waals surface area contributed by atoms with Crippen molar-refractivity contribution in [2.75, 3.05) is 6.61 Å². The average molecular weight is 320 g/mol. The van der Waals surface area contributed by atoms with Gasteiger partial charge in [0.2, 0.25) is 0 Å². The van der Waals surface area contributed by atoms with Crippen molar-refractivity contribution < 1.29 is 9.50 Å². The minimum atomic E-state index is -0.456. The number of aliphatic hydroxyl groups excluding tert-OH is 1. The summed E-state index contributed by atoms with van der Waals surface area (Å²) in [6, 6.07) is 2.88. The number of hydrogen-bond donors (Lipinski definition) is 2. The molecule has 2 rings (SSSR count). The highest BCUT2D eigenvalue weighted by atomic mass is 35.5. The lowest BCUT2D eigenvalue weighted by molar-refractivity contribution is 0.147. The molecular formula is C15H20Cl2FNO. The van der Waals surface area contributed by atoms with Crippen molar-refractivity contribution in [3.8, 4) is 0 Å². The lowest BCUT2D eigenvalue weighted by atomic mass is 9.84. The number of halogens is 3. The van der Waals surface area contributed by atoms with Crippen LogP contribution >= 0.6 is 23.2 Å². The van der Waals surface area contributed by atoms with Crippen LogP contribution in [0.1, 0.15) is 44.2 Å². The zero-order chi connectivity index (χ0) is 14.7. The van der Waals surface area contributed by atoms with Crippen molar-refractivity contribution in [1.82, 2.24) is 5.32 Å². The smallest absolute Gasteiger partial charge is 0.142 e. The molecule has 1 fully saturated rings. The van der Waals surface area contributed by atoms with Crippen molar-refractivity contribution in [2.45, 2.75) is 44.7 Å². The summed E-state index contributed by atoms with van der Waals surface area (Å²) >= 11 is 12.2. The Morgan fingerprint density at radius 2 is 2.05 bits per heavy atom. The van der Waals surface area contributed by atoms with Crippen LogP contribution < -0.4 is 5.32 Å². The van der Waals surface area contributed by atoms with Gasteiger partial charge >= 0.3 is 0 Å². The molecule has 2 nitrogen and oxygen atoms in total. The Hall–Kier alpha value is -0.350. The van der Waals surface area contributed by atoms with Crippen LogP contribution in [0.25, 0.3) is 0 Å². The van der Waals surface area contributed by atoms with Gasteiger partial charge in [-0.1, -0.05) is 36.0 Å². The maximum Gasteiger partial charge on any atom is 0.142 e. The molecule has 20 heavy (non-hydrogen) atoms. The van der Waals surface area contributed by atoms with Crippen LogP contribution in [0.4, 0.5) is 4.39 Å². The minimum Gasteiger partial charge on any atom is -0.396 e. The summed E-state index contributed by atoms with van der Waals surface area (Å²) in [6.07, 6.45) is 4.33. The Morgan fingerprint density at radius 1 is 1.35 bits per heavy atom. The fourth-order valence-electron chi connectivity index (χ4n) is 2.99. The molecule has 0 aliphatic heterocycles. The van der Waals surface area contributed by atoms with Gasteiger partial charge in [-0.2, -0.15) is 0 Å². The first kappa shape index (κ1) is 16.0. The average Bonchev–Trinajstić information content (AvgIpc) is 2.44. The predicted octanol–water partition coefficient (Wildman–Crippen LogP) is 4.33. The van der Waals surface area contributed by atoms with E-state index in [-0.39, 0.29) is 29.6 Å². The number of rotatable bonds is 4. The molecule has 0 heterocycles. The maximum atomic E-state index is 13.6. The van der Waals surface area contributed by atoms with Crippen LogP contribution in [0.15, 0.2) is 12.1 Å². The Bertz CT molecular complexity index is 469. The third kappa shape index (κ3) is 3.45. The summed E-state index contributed by atoms with van der Waals surface area (Å²) in [6.45, 7) is 2.10. The molecule has 0 amide bonds. The highest BCUT2D eigenvalue weighted by molar-refractivity contribution is 6.36. The van der Waals surface area contributed by atoms with Crippen LogP contribution in [0.5, 0.6) is 0 Å². The van der Waals surface area contributed by atoms with Gasteiger partial charge < -0.3 is 10.4 Å². The van der Waals surface area contributed by atoms with E-state index in [2.05, 4.69) is 5.32 Å². The van der Waals surface area contributed by atoms with Gasteiger partial charge in [0.05, 0.1) is 5.02 Å². The molecule has 0 saturated heterocycles. The van der Waals surface area contributed by atoms with Crippen molar-refractivity contribution >= 4 is 23.2 Å². The first-order valence-corrected chi connectivity index (χ1v) is 7.80. The Kier molecular flexibility index (Phi) is 5.67. The molecule has 0 radical (unpaired) electrons. The van der Waals surface area contributed by atoms with E-state index in [1.54, 1.807) is 0 Å². The summed E-state index contributed by atoms with van der Waals surface area (Å²) in [5, 5.41) is 13.4. The molecule has 0 bridgehead atoms. The third-order valence-electron chi connectivity index (χ3n) is 4.12. The van der Waals surface area contributed by atoms with E-state index in [0.29, 0.717) is 10.6 Å². The molecule has 112 valence electrons. The lowest BCUT2D eigenvalue weighted by Gasteiger charge is -2.33. The number of hydrogen-bond acceptors (Lipinski definition) is 2. The quantitative estimate of drug-likeness (QED) is 0.809. The van der Waals surface area contributed by atoms with Crippen LogP contribution in [0.2, 0.25) is 10.0 Å². The largest absolute Gasteiger partial charge is 0.396 e. The first-order valence-electron chi connectivity index (χ1n) is 7.05. The van der Waals surface area contributed by atoms with Gasteiger partial charge in [-0.3, -0.25) is 0 Å². The monoisotopic (exact) mass is 319 g/mol. The fourth-order valence-corrected chi connectivity index (χ4v) is 3.69. The Labute approximate surface area is 129 Å². The highest BCUT2D eigenvalue weighted by Crippen LogP contribution is 2.34. The van der Waals surface area contributed by atoms with Crippen molar-refractivity contribution in [1.29, 1.82) is 0 Å². The highest BCUT2D eigenvalue weighted by Gasteiger charge is 2.27. The third-order valence-corrected chi connectivity index (χ3v) is 4.83. The molecular weight excluding hydrogens is 300 g/mol. The Balaban J connectivity index is 2.15. The molecule has 0 aromatic heterocycles. The van der Waals surface area contributed by atoms with Crippen LogP contribution in [0, 0.1) is 11.7 Å². The summed E-state index contributed by atoms with van der Waals surface area (Å²) in [7, 11) is 0. The van der Waals surface area contributed by atoms with E-state index in [1.807, 2.05) is 6.92 Å². The molecule has 3 unspecified atom stereocenters. The topological polar surface area (TPSA) is 32.3 Å². The van der Waals surface area contributed by atoms with Gasteiger partial charge in [-0.25, -0.2) is 4.39 Å². The zero-order valence-corrected chi connectivity index (χ0v) is 13.0. The molecule has 1 saturated carbocycles. The Morgan fingerprint density at radius 3 is 2.75 bits per heavy atom. The standard InChI is InChI=1S/C15H20Cl2FNO/c1-9(14-11(16)6-7-12(18)15(14)17)19-13-5-3-2-4-10(13)8-20/h6-7,9-10,13,19-20H,2-5,8H2,1H3. The molecule has 1 aliphatic rings. The second-order valence-corrected chi connectivity index (χ2v) is 6.26. The molecule has 5 heteroatoms. The van der Waals surface area contributed by atoms with Crippen LogP contribution in [-0.2, 0) is 0 Å². The second-order valence-electron chi connectivity index (χ2n) is 5.48. The normalized spacial score (nSPS) is 24.6. The minimum absolute atomic E-state index is 0.0776. The number of aliphatic hydroxyl groups is 1. The van der Waals surface area contributed by atoms with E-state index in [0.717, 1.165) is 25.7 Å². The summed E-state index contributed by atoms with van der Waals surface area (Å²) in [5.74, 6) is -0.209. The van der Waals surface area contributed by atoms with Crippen molar-refractivity contribution in [3.05, 3.63) is 33.6 Å². The van der Waals surface area contributed by atoms with Gasteiger partial charge in [0.25, 0.3) is 0 Å². The lowest BCUT2D eigenvalue weighted by Crippen LogP contribution is -2.41. The summed E-state index contributed by atoms with van der Waals surface area (Å²) in [4.78, 5) is 0. The van der Waals surface area contributed by atoms with E-state index in [4.69, 9.17) is 23.2 Å². The maximum absolute atomic E-state index is 13.6. The fraction of sp³-hybridized carbons (Fsp3) is 0.600. The van der Waals surface area contributed by atoms with E-state index >= 15 is 0 Å². The van der Waals surface area contributed by atoms with Gasteiger partial charge in [0.1, 0.15) is 5.82 Å². The van der Waals surface area contributed by atoms with Gasteiger partial charge in [-0.15, -0.1) is 0 Å². The molecule has 1 aromatic carbocycles. The van der Waals surface area contributed by atoms with Gasteiger partial charge in [-0.05, 0) is 37.8 Å². The van der Waals surface area contributed by atoms with Gasteiger partial charge in [0.15, 0.2) is 0 Å². The zero-order valence-electron chi connectivity index (χ0n) is 11.5. The van der Waals surface area contributed by atoms with Crippen molar-refractivity contribution in [2.24, 2.45) is 5.92 Å². The molecule has 2 N–H and O–H groups in total. The molecule has 1 aromatic rings. The van der Waals surface area contributed by atoms with E-state index in [1.165, 1.54) is 12.1 Å². The van der Waals surface area contributed by atoms with Crippen molar-refractivity contribution in [3.63, 3.8) is 0 Å². The van der Waals surface area contributed by atoms with Crippen LogP contribution in [-0.4, -0.2) is 17.8 Å². The number of nitrogens with one attached hydrogen (secondary N) is 1. The summed E-state index contributed by atoms with van der Waals surface area (Å²) < 4.78 is 13.6. The van der Waals surface area contributed by atoms with Gasteiger partial charge in [0, 0.05) is 29.3 Å². The second kappa shape index (κ2) is 7.08. The van der Waals surface area contributed by atoms with E-state index < -0.39 is 5.82 Å². The molecule has 3 atom stereocenters. The molecule has 1 aliphatic carbocycles. The summed E-state index contributed by atoms with van der Waals surface area (Å²) in [5.41, 5.74) is 0.593. The predicted molar refractivity (Wildman–Crippen MR) is 80.8 cm³/mol. The molecule has 0 spiro atoms. The van der Waals surface area contributed by atoms with E-state index in [9.17, 15) is 9.50 Å².